The van der Waals surface area contributed by atoms with Gasteiger partial charge in [0.25, 0.3) is 5.91 Å². The number of aliphatic carboxylic acids is 1. The Balaban J connectivity index is 1.31. The van der Waals surface area contributed by atoms with Gasteiger partial charge in [0.2, 0.25) is 5.91 Å². The van der Waals surface area contributed by atoms with Crippen LogP contribution in [0.15, 0.2) is 79.1 Å². The number of aryl methyl sites for hydroxylation is 1. The third kappa shape index (κ3) is 8.57. The summed E-state index contributed by atoms with van der Waals surface area (Å²) >= 11 is 0. The quantitative estimate of drug-likeness (QED) is 0.176. The molecule has 4 rings (SSSR count). The molecule has 0 fully saturated rings. The number of methoxy groups -OCH3 is 1. The molecule has 0 saturated carbocycles. The van der Waals surface area contributed by atoms with Crippen LogP contribution >= 0.6 is 0 Å². The number of ether oxygens (including phenoxy) is 1. The topological polar surface area (TPSA) is 185 Å². The van der Waals surface area contributed by atoms with E-state index >= 15 is 0 Å². The lowest BCUT2D eigenvalue weighted by molar-refractivity contribution is -0.139. The van der Waals surface area contributed by atoms with E-state index in [4.69, 9.17) is 4.74 Å². The maximum absolute atomic E-state index is 12.7. The fraction of sp³-hybridized carbons (Fsp3) is 0.167. The number of para-hydroxylation sites is 1. The molecule has 0 saturated heterocycles. The second kappa shape index (κ2) is 14.2. The fourth-order valence-corrected chi connectivity index (χ4v) is 4.02. The standard InChI is InChI=1S/C30H29N7O6/c1-18-6-3-4-7-21(18)34-30(42)35-22-11-9-19(15-25(22)43-2)16-27(38)36-26-12-10-20(17-31-26)14-24(29(40)41)33-28(39)23-8-5-13-32-37-23/h3-13,15,17,24H,14,16H2,1-2H3,(H,33,39)(H,40,41)(H,31,36,38)(H2,34,35,42). The maximum Gasteiger partial charge on any atom is 0.326 e. The molecule has 2 aromatic heterocycles. The van der Waals surface area contributed by atoms with Gasteiger partial charge in [-0.3, -0.25) is 9.59 Å². The van der Waals surface area contributed by atoms with Crippen LogP contribution in [0.25, 0.3) is 0 Å². The van der Waals surface area contributed by atoms with E-state index < -0.39 is 23.9 Å². The van der Waals surface area contributed by atoms with Crippen molar-refractivity contribution in [3.63, 3.8) is 0 Å². The first-order chi connectivity index (χ1) is 20.7. The maximum atomic E-state index is 12.7. The van der Waals surface area contributed by atoms with Crippen molar-refractivity contribution in [2.75, 3.05) is 23.1 Å². The van der Waals surface area contributed by atoms with E-state index in [0.717, 1.165) is 5.56 Å². The van der Waals surface area contributed by atoms with Crippen LogP contribution in [-0.2, 0) is 22.4 Å². The van der Waals surface area contributed by atoms with Gasteiger partial charge in [0.15, 0.2) is 5.69 Å². The first-order valence-corrected chi connectivity index (χ1v) is 13.1. The minimum Gasteiger partial charge on any atom is -0.495 e. The third-order valence-electron chi connectivity index (χ3n) is 6.21. The summed E-state index contributed by atoms with van der Waals surface area (Å²) in [6.45, 7) is 1.89. The summed E-state index contributed by atoms with van der Waals surface area (Å²) in [6.07, 6.45) is 2.79. The minimum atomic E-state index is -1.22. The molecule has 0 spiro atoms. The molecule has 4 amide bonds. The molecule has 220 valence electrons. The lowest BCUT2D eigenvalue weighted by Gasteiger charge is -2.14. The number of nitrogens with zero attached hydrogens (tertiary/aromatic N) is 3. The number of benzene rings is 2. The van der Waals surface area contributed by atoms with E-state index in [1.807, 2.05) is 25.1 Å². The number of carboxylic acid groups (broad SMARTS) is 1. The van der Waals surface area contributed by atoms with Gasteiger partial charge in [-0.05, 0) is 60.0 Å². The van der Waals surface area contributed by atoms with E-state index in [-0.39, 0.29) is 30.3 Å². The summed E-state index contributed by atoms with van der Waals surface area (Å²) in [4.78, 5) is 53.4. The summed E-state index contributed by atoms with van der Waals surface area (Å²) in [5.74, 6) is -1.59. The Hall–Kier alpha value is -5.85. The number of carbonyl (C=O) groups excluding carboxylic acids is 3. The van der Waals surface area contributed by atoms with E-state index in [0.29, 0.717) is 28.3 Å². The molecule has 0 aliphatic carbocycles. The number of aromatic nitrogens is 3. The summed E-state index contributed by atoms with van der Waals surface area (Å²) in [6, 6.07) is 16.8. The molecule has 0 aliphatic heterocycles. The Bertz CT molecular complexity index is 1610. The third-order valence-corrected chi connectivity index (χ3v) is 6.21. The van der Waals surface area contributed by atoms with Gasteiger partial charge in [0, 0.05) is 24.5 Å². The smallest absolute Gasteiger partial charge is 0.326 e. The first kappa shape index (κ1) is 30.1. The lowest BCUT2D eigenvalue weighted by atomic mass is 10.1. The highest BCUT2D eigenvalue weighted by molar-refractivity contribution is 6.01. The Morgan fingerprint density at radius 3 is 2.35 bits per heavy atom. The van der Waals surface area contributed by atoms with Gasteiger partial charge in [-0.25, -0.2) is 14.6 Å². The van der Waals surface area contributed by atoms with Crippen molar-refractivity contribution in [2.45, 2.75) is 25.8 Å². The van der Waals surface area contributed by atoms with Crippen LogP contribution in [0.2, 0.25) is 0 Å². The predicted octanol–water partition coefficient (Wildman–Crippen LogP) is 3.44. The Labute approximate surface area is 246 Å². The summed E-state index contributed by atoms with van der Waals surface area (Å²) in [5.41, 5.74) is 3.20. The van der Waals surface area contributed by atoms with Gasteiger partial charge < -0.3 is 31.1 Å². The number of anilines is 3. The van der Waals surface area contributed by atoms with Crippen molar-refractivity contribution in [3.8, 4) is 5.75 Å². The van der Waals surface area contributed by atoms with Crippen LogP contribution in [0.1, 0.15) is 27.2 Å². The molecule has 13 heteroatoms. The van der Waals surface area contributed by atoms with Crippen LogP contribution in [0.4, 0.5) is 22.0 Å². The molecular weight excluding hydrogens is 554 g/mol. The monoisotopic (exact) mass is 583 g/mol. The molecule has 5 N–H and O–H groups in total. The zero-order valence-corrected chi connectivity index (χ0v) is 23.3. The normalized spacial score (nSPS) is 11.1. The molecule has 2 heterocycles. The largest absolute Gasteiger partial charge is 0.495 e. The van der Waals surface area contributed by atoms with Crippen molar-refractivity contribution < 1.29 is 29.0 Å². The number of amides is 4. The number of nitrogens with one attached hydrogen (secondary N) is 4. The fourth-order valence-electron chi connectivity index (χ4n) is 4.02. The van der Waals surface area contributed by atoms with Crippen molar-refractivity contribution in [1.82, 2.24) is 20.5 Å². The molecule has 4 aromatic rings. The molecule has 43 heavy (non-hydrogen) atoms. The highest BCUT2D eigenvalue weighted by atomic mass is 16.5. The molecule has 0 aliphatic rings. The Morgan fingerprint density at radius 1 is 0.907 bits per heavy atom. The highest BCUT2D eigenvalue weighted by Crippen LogP contribution is 2.26. The zero-order valence-electron chi connectivity index (χ0n) is 23.3. The van der Waals surface area contributed by atoms with Crippen molar-refractivity contribution in [2.24, 2.45) is 0 Å². The van der Waals surface area contributed by atoms with Crippen LogP contribution in [0.5, 0.6) is 5.75 Å². The van der Waals surface area contributed by atoms with E-state index in [1.54, 1.807) is 30.3 Å². The lowest BCUT2D eigenvalue weighted by Crippen LogP contribution is -2.42. The number of carboxylic acids is 1. The van der Waals surface area contributed by atoms with Crippen molar-refractivity contribution in [3.05, 3.63) is 102 Å². The van der Waals surface area contributed by atoms with Crippen LogP contribution in [0, 0.1) is 6.92 Å². The molecular formula is C30H29N7O6. The Kier molecular flexibility index (Phi) is 9.92. The number of hydrogen-bond donors (Lipinski definition) is 5. The summed E-state index contributed by atoms with van der Waals surface area (Å²) in [5, 5.41) is 27.5. The van der Waals surface area contributed by atoms with Gasteiger partial charge in [-0.15, -0.1) is 5.10 Å². The second-order valence-electron chi connectivity index (χ2n) is 9.38. The molecule has 13 nitrogen and oxygen atoms in total. The molecule has 1 atom stereocenters. The highest BCUT2D eigenvalue weighted by Gasteiger charge is 2.22. The number of urea groups is 1. The van der Waals surface area contributed by atoms with E-state index in [9.17, 15) is 24.3 Å². The molecule has 0 radical (unpaired) electrons. The van der Waals surface area contributed by atoms with Gasteiger partial charge in [0.1, 0.15) is 17.6 Å². The van der Waals surface area contributed by atoms with Crippen LogP contribution in [-0.4, -0.2) is 57.3 Å². The van der Waals surface area contributed by atoms with Gasteiger partial charge in [-0.1, -0.05) is 30.3 Å². The van der Waals surface area contributed by atoms with E-state index in [2.05, 4.69) is 36.4 Å². The Morgan fingerprint density at radius 2 is 1.67 bits per heavy atom. The van der Waals surface area contributed by atoms with Gasteiger partial charge >= 0.3 is 12.0 Å². The molecule has 2 aromatic carbocycles. The number of carbonyl (C=O) groups is 4. The van der Waals surface area contributed by atoms with Crippen LogP contribution in [0.3, 0.4) is 0 Å². The zero-order chi connectivity index (χ0) is 30.8. The average molecular weight is 584 g/mol. The molecule has 0 bridgehead atoms. The summed E-state index contributed by atoms with van der Waals surface area (Å²) < 4.78 is 5.41. The predicted molar refractivity (Wildman–Crippen MR) is 158 cm³/mol. The van der Waals surface area contributed by atoms with Gasteiger partial charge in [-0.2, -0.15) is 5.10 Å². The number of hydrogen-bond acceptors (Lipinski definition) is 8. The number of pyridine rings is 1. The van der Waals surface area contributed by atoms with E-state index in [1.165, 1.54) is 37.7 Å². The SMILES string of the molecule is COc1cc(CC(=O)Nc2ccc(CC(NC(=O)c3cccnn3)C(=O)O)cn2)ccc1NC(=O)Nc1ccccc1C. The molecule has 1 unspecified atom stereocenters. The summed E-state index contributed by atoms with van der Waals surface area (Å²) in [7, 11) is 1.46. The van der Waals surface area contributed by atoms with Gasteiger partial charge in [0.05, 0.1) is 19.2 Å². The first-order valence-electron chi connectivity index (χ1n) is 13.1. The second-order valence-corrected chi connectivity index (χ2v) is 9.38. The van der Waals surface area contributed by atoms with Crippen molar-refractivity contribution in [1.29, 1.82) is 0 Å². The minimum absolute atomic E-state index is 0.00270. The van der Waals surface area contributed by atoms with Crippen molar-refractivity contribution >= 4 is 41.0 Å². The number of rotatable bonds is 11. The average Bonchev–Trinajstić information content (AvgIpc) is 3.00. The van der Waals surface area contributed by atoms with Crippen LogP contribution < -0.4 is 26.0 Å².